The lowest BCUT2D eigenvalue weighted by Crippen LogP contribution is -2.23. The van der Waals surface area contributed by atoms with Crippen LogP contribution in [0.15, 0.2) is 53.1 Å². The second-order valence-corrected chi connectivity index (χ2v) is 7.12. The summed E-state index contributed by atoms with van der Waals surface area (Å²) in [5.74, 6) is 2.96. The van der Waals surface area contributed by atoms with Gasteiger partial charge in [0, 0.05) is 18.2 Å². The third-order valence-corrected chi connectivity index (χ3v) is 5.41. The number of hydrogen-bond acceptors (Lipinski definition) is 6. The molecule has 3 aromatic rings. The first-order valence-electron chi connectivity index (χ1n) is 9.76. The average Bonchev–Trinajstić information content (AvgIpc) is 3.43. The first kappa shape index (κ1) is 19.3. The maximum absolute atomic E-state index is 5.73. The van der Waals surface area contributed by atoms with Crippen LogP contribution in [-0.2, 0) is 6.54 Å². The highest BCUT2D eigenvalue weighted by molar-refractivity contribution is 5.54. The predicted molar refractivity (Wildman–Crippen MR) is 110 cm³/mol. The molecule has 1 unspecified atom stereocenters. The Morgan fingerprint density at radius 1 is 1.00 bits per heavy atom. The van der Waals surface area contributed by atoms with Gasteiger partial charge in [-0.05, 0) is 61.3 Å². The molecule has 2 heterocycles. The Morgan fingerprint density at radius 3 is 2.52 bits per heavy atom. The summed E-state index contributed by atoms with van der Waals surface area (Å²) < 4.78 is 21.8. The topological polar surface area (TPSA) is 57.0 Å². The van der Waals surface area contributed by atoms with Crippen molar-refractivity contribution in [1.82, 2.24) is 9.88 Å². The molecule has 1 atom stereocenters. The average molecular weight is 394 g/mol. The van der Waals surface area contributed by atoms with E-state index in [1.165, 1.54) is 5.56 Å². The van der Waals surface area contributed by atoms with Crippen LogP contribution in [0.4, 0.5) is 0 Å². The smallest absolute Gasteiger partial charge is 0.226 e. The Labute approximate surface area is 171 Å². The fourth-order valence-corrected chi connectivity index (χ4v) is 3.91. The van der Waals surface area contributed by atoms with E-state index in [0.717, 1.165) is 54.4 Å². The molecule has 4 rings (SSSR count). The number of oxazole rings is 1. The van der Waals surface area contributed by atoms with E-state index >= 15 is 0 Å². The Balaban J connectivity index is 1.49. The molecule has 0 amide bonds. The van der Waals surface area contributed by atoms with Crippen LogP contribution < -0.4 is 14.2 Å². The predicted octanol–water partition coefficient (Wildman–Crippen LogP) is 4.70. The largest absolute Gasteiger partial charge is 0.497 e. The van der Waals surface area contributed by atoms with E-state index in [2.05, 4.69) is 17.0 Å². The van der Waals surface area contributed by atoms with Gasteiger partial charge in [0.1, 0.15) is 12.0 Å². The summed E-state index contributed by atoms with van der Waals surface area (Å²) in [5, 5.41) is 0. The van der Waals surface area contributed by atoms with Gasteiger partial charge in [-0.25, -0.2) is 4.98 Å². The van der Waals surface area contributed by atoms with Gasteiger partial charge in [0.2, 0.25) is 5.89 Å². The Morgan fingerprint density at radius 2 is 1.79 bits per heavy atom. The molecule has 152 valence electrons. The van der Waals surface area contributed by atoms with Crippen LogP contribution in [-0.4, -0.2) is 37.8 Å². The molecule has 0 N–H and O–H groups in total. The summed E-state index contributed by atoms with van der Waals surface area (Å²) in [5.41, 5.74) is 3.11. The van der Waals surface area contributed by atoms with Crippen molar-refractivity contribution in [1.29, 1.82) is 0 Å². The molecule has 2 aromatic carbocycles. The zero-order valence-electron chi connectivity index (χ0n) is 17.1. The van der Waals surface area contributed by atoms with Crippen molar-refractivity contribution >= 4 is 0 Å². The van der Waals surface area contributed by atoms with Crippen molar-refractivity contribution in [2.24, 2.45) is 0 Å². The quantitative estimate of drug-likeness (QED) is 0.579. The number of likely N-dealkylation sites (tertiary alicyclic amines) is 1. The zero-order chi connectivity index (χ0) is 20.2. The van der Waals surface area contributed by atoms with Crippen molar-refractivity contribution < 1.29 is 18.6 Å². The molecule has 0 aliphatic carbocycles. The molecule has 1 aliphatic heterocycles. The summed E-state index contributed by atoms with van der Waals surface area (Å²) in [7, 11) is 4.98. The highest BCUT2D eigenvalue weighted by Crippen LogP contribution is 2.37. The Bertz CT molecular complexity index is 952. The fourth-order valence-electron chi connectivity index (χ4n) is 3.91. The standard InChI is InChI=1S/C23H26N2O4/c1-26-19-9-6-16(7-10-19)23-24-18(15-29-23)14-25-12-4-5-20(25)17-8-11-21(27-2)22(13-17)28-3/h6-11,13,15,20H,4-5,12,14H2,1-3H3. The highest BCUT2D eigenvalue weighted by atomic mass is 16.5. The van der Waals surface area contributed by atoms with Crippen LogP contribution in [0.3, 0.4) is 0 Å². The molecule has 1 aromatic heterocycles. The first-order valence-corrected chi connectivity index (χ1v) is 9.76. The minimum atomic E-state index is 0.330. The zero-order valence-corrected chi connectivity index (χ0v) is 17.1. The molecule has 0 spiro atoms. The van der Waals surface area contributed by atoms with Gasteiger partial charge < -0.3 is 18.6 Å². The van der Waals surface area contributed by atoms with Gasteiger partial charge in [0.25, 0.3) is 0 Å². The first-order chi connectivity index (χ1) is 14.2. The maximum Gasteiger partial charge on any atom is 0.226 e. The Hall–Kier alpha value is -2.99. The van der Waals surface area contributed by atoms with E-state index in [-0.39, 0.29) is 0 Å². The minimum absolute atomic E-state index is 0.330. The van der Waals surface area contributed by atoms with Crippen LogP contribution in [0.1, 0.15) is 30.1 Å². The van der Waals surface area contributed by atoms with Crippen LogP contribution in [0.25, 0.3) is 11.5 Å². The lowest BCUT2D eigenvalue weighted by atomic mass is 10.0. The Kier molecular flexibility index (Phi) is 5.71. The summed E-state index contributed by atoms with van der Waals surface area (Å²) in [6, 6.07) is 14.2. The van der Waals surface area contributed by atoms with E-state index in [1.54, 1.807) is 27.6 Å². The van der Waals surface area contributed by atoms with Crippen LogP contribution in [0.5, 0.6) is 17.2 Å². The number of benzene rings is 2. The van der Waals surface area contributed by atoms with Crippen molar-refractivity contribution in [3.05, 3.63) is 60.0 Å². The van der Waals surface area contributed by atoms with Crippen molar-refractivity contribution in [2.75, 3.05) is 27.9 Å². The summed E-state index contributed by atoms with van der Waals surface area (Å²) >= 11 is 0. The molecular weight excluding hydrogens is 368 g/mol. The van der Waals surface area contributed by atoms with Gasteiger partial charge in [-0.2, -0.15) is 0 Å². The van der Waals surface area contributed by atoms with Gasteiger partial charge >= 0.3 is 0 Å². The minimum Gasteiger partial charge on any atom is -0.497 e. The van der Waals surface area contributed by atoms with Gasteiger partial charge in [-0.3, -0.25) is 4.90 Å². The summed E-state index contributed by atoms with van der Waals surface area (Å²) in [6.07, 6.45) is 4.02. The van der Waals surface area contributed by atoms with Gasteiger partial charge in [-0.1, -0.05) is 6.07 Å². The molecule has 29 heavy (non-hydrogen) atoms. The van der Waals surface area contributed by atoms with Gasteiger partial charge in [-0.15, -0.1) is 0 Å². The van der Waals surface area contributed by atoms with E-state index < -0.39 is 0 Å². The SMILES string of the molecule is COc1ccc(-c2nc(CN3CCCC3c3ccc(OC)c(OC)c3)co2)cc1. The second-order valence-electron chi connectivity index (χ2n) is 7.12. The molecule has 0 saturated carbocycles. The third kappa shape index (κ3) is 4.07. The molecule has 0 bridgehead atoms. The van der Waals surface area contributed by atoms with Gasteiger partial charge in [0.05, 0.1) is 27.0 Å². The fraction of sp³-hybridized carbons (Fsp3) is 0.348. The van der Waals surface area contributed by atoms with E-state index in [9.17, 15) is 0 Å². The van der Waals surface area contributed by atoms with Gasteiger partial charge in [0.15, 0.2) is 11.5 Å². The van der Waals surface area contributed by atoms with Crippen molar-refractivity contribution in [3.8, 4) is 28.7 Å². The van der Waals surface area contributed by atoms with Crippen molar-refractivity contribution in [2.45, 2.75) is 25.4 Å². The molecule has 1 fully saturated rings. The monoisotopic (exact) mass is 394 g/mol. The third-order valence-electron chi connectivity index (χ3n) is 5.41. The number of rotatable bonds is 7. The molecule has 6 heteroatoms. The molecule has 1 aliphatic rings. The summed E-state index contributed by atoms with van der Waals surface area (Å²) in [4.78, 5) is 7.14. The van der Waals surface area contributed by atoms with E-state index in [4.69, 9.17) is 23.6 Å². The van der Waals surface area contributed by atoms with Crippen molar-refractivity contribution in [3.63, 3.8) is 0 Å². The maximum atomic E-state index is 5.73. The van der Waals surface area contributed by atoms with E-state index in [1.807, 2.05) is 30.3 Å². The molecular formula is C23H26N2O4. The lowest BCUT2D eigenvalue weighted by Gasteiger charge is -2.24. The molecule has 0 radical (unpaired) electrons. The number of methoxy groups -OCH3 is 3. The van der Waals surface area contributed by atoms with Crippen LogP contribution in [0.2, 0.25) is 0 Å². The van der Waals surface area contributed by atoms with Crippen LogP contribution >= 0.6 is 0 Å². The normalized spacial score (nSPS) is 16.7. The number of hydrogen-bond donors (Lipinski definition) is 0. The van der Waals surface area contributed by atoms with Crippen LogP contribution in [0, 0.1) is 0 Å². The number of aromatic nitrogens is 1. The molecule has 6 nitrogen and oxygen atoms in total. The summed E-state index contributed by atoms with van der Waals surface area (Å²) in [6.45, 7) is 1.78. The van der Waals surface area contributed by atoms with E-state index in [0.29, 0.717) is 11.9 Å². The number of nitrogens with zero attached hydrogens (tertiary/aromatic N) is 2. The highest BCUT2D eigenvalue weighted by Gasteiger charge is 2.27. The second kappa shape index (κ2) is 8.57. The molecule has 1 saturated heterocycles. The lowest BCUT2D eigenvalue weighted by molar-refractivity contribution is 0.244. The number of ether oxygens (including phenoxy) is 3.